The van der Waals surface area contributed by atoms with Crippen molar-refractivity contribution in [2.45, 2.75) is 32.6 Å². The summed E-state index contributed by atoms with van der Waals surface area (Å²) in [6, 6.07) is 35.6. The van der Waals surface area contributed by atoms with Crippen molar-refractivity contribution in [2.75, 3.05) is 0 Å². The predicted molar refractivity (Wildman–Crippen MR) is 153 cm³/mol. The first-order valence-electron chi connectivity index (χ1n) is 12.6. The average Bonchev–Trinajstić information content (AvgIpc) is 3.27. The number of unbranched alkanes of at least 4 members (excludes halogenated alkanes) is 1. The number of rotatable bonds is 8. The molecule has 0 spiro atoms. The Kier molecular flexibility index (Phi) is 7.42. The zero-order valence-corrected chi connectivity index (χ0v) is 26.6. The molecule has 0 saturated carbocycles. The summed E-state index contributed by atoms with van der Waals surface area (Å²) in [5.41, 5.74) is 4.88. The normalized spacial score (nSPS) is 13.5. The van der Waals surface area contributed by atoms with E-state index in [-0.39, 0.29) is 5.91 Å². The van der Waals surface area contributed by atoms with Gasteiger partial charge in [-0.2, -0.15) is 0 Å². The minimum atomic E-state index is -5.47. The second kappa shape index (κ2) is 10.4. The van der Waals surface area contributed by atoms with E-state index in [1.165, 1.54) is 22.3 Å². The van der Waals surface area contributed by atoms with Crippen LogP contribution in [-0.2, 0) is 26.8 Å². The van der Waals surface area contributed by atoms with Gasteiger partial charge in [-0.3, -0.25) is 0 Å². The predicted octanol–water partition coefficient (Wildman–Crippen LogP) is 5.64. The molecule has 2 nitrogen and oxygen atoms in total. The number of fused-ring (bicyclic) bond motifs is 3. The quantitative estimate of drug-likeness (QED) is 0.209. The van der Waals surface area contributed by atoms with Gasteiger partial charge < -0.3 is 0 Å². The fourth-order valence-electron chi connectivity index (χ4n) is 5.61. The van der Waals surface area contributed by atoms with Gasteiger partial charge in [-0.15, -0.1) is 0 Å². The Hall–Kier alpha value is -1.98. The van der Waals surface area contributed by atoms with E-state index in [4.69, 9.17) is 17.2 Å². The number of benzene rings is 4. The van der Waals surface area contributed by atoms with Crippen LogP contribution in [0.2, 0.25) is 0 Å². The number of halogens is 2. The van der Waals surface area contributed by atoms with Crippen LogP contribution in [0.3, 0.4) is 0 Å². The first-order chi connectivity index (χ1) is 17.4. The van der Waals surface area contributed by atoms with Crippen molar-refractivity contribution in [3.63, 3.8) is 0 Å². The van der Waals surface area contributed by atoms with Gasteiger partial charge in [-0.25, -0.2) is 0 Å². The van der Waals surface area contributed by atoms with Crippen LogP contribution in [0.5, 0.6) is 0 Å². The summed E-state index contributed by atoms with van der Waals surface area (Å²) in [5, 5.41) is 2.32. The number of nitrogens with one attached hydrogen (secondary N) is 1. The van der Waals surface area contributed by atoms with E-state index in [0.717, 1.165) is 33.0 Å². The third-order valence-corrected chi connectivity index (χ3v) is 55.7. The van der Waals surface area contributed by atoms with E-state index in [0.29, 0.717) is 6.42 Å². The summed E-state index contributed by atoms with van der Waals surface area (Å²) in [7, 11) is 16.1. The Balaban J connectivity index is 1.77. The summed E-state index contributed by atoms with van der Waals surface area (Å²) in [4.78, 5) is 13.5. The average molecular weight is 698 g/mol. The summed E-state index contributed by atoms with van der Waals surface area (Å²) in [6.07, 6.45) is 2.97. The van der Waals surface area contributed by atoms with Crippen LogP contribution in [-0.4, -0.2) is 11.9 Å². The molecule has 0 unspecified atom stereocenters. The van der Waals surface area contributed by atoms with Crippen molar-refractivity contribution in [1.82, 2.24) is 3.30 Å². The monoisotopic (exact) mass is 698 g/mol. The molecule has 0 aromatic heterocycles. The van der Waals surface area contributed by atoms with Gasteiger partial charge in [-0.1, -0.05) is 0 Å². The maximum atomic E-state index is 13.5. The number of carbonyl (C=O) groups excluding carboxylic acids is 1. The molecule has 4 aromatic rings. The Bertz CT molecular complexity index is 1360. The summed E-state index contributed by atoms with van der Waals surface area (Å²) in [6.45, 7) is 2.09. The molecule has 4 aromatic carbocycles. The van der Waals surface area contributed by atoms with E-state index < -0.39 is 21.6 Å². The second-order valence-electron chi connectivity index (χ2n) is 9.65. The Morgan fingerprint density at radius 3 is 2.03 bits per heavy atom. The van der Waals surface area contributed by atoms with E-state index in [1.54, 1.807) is 0 Å². The van der Waals surface area contributed by atoms with Crippen LogP contribution < -0.4 is 17.0 Å². The van der Waals surface area contributed by atoms with E-state index in [9.17, 15) is 4.79 Å². The summed E-state index contributed by atoms with van der Waals surface area (Å²) in [5.74, 6) is -2.36. The molecule has 5 rings (SSSR count). The first-order valence-corrected chi connectivity index (χ1v) is 33.1. The molecule has 1 aliphatic rings. The zero-order chi connectivity index (χ0) is 25.2. The van der Waals surface area contributed by atoms with Gasteiger partial charge in [0.05, 0.1) is 0 Å². The first kappa shape index (κ1) is 25.7. The van der Waals surface area contributed by atoms with Gasteiger partial charge in [0, 0.05) is 0 Å². The topological polar surface area (TPSA) is 29.1 Å². The molecule has 1 N–H and O–H groups in total. The van der Waals surface area contributed by atoms with Gasteiger partial charge in [0.2, 0.25) is 0 Å². The van der Waals surface area contributed by atoms with E-state index in [2.05, 4.69) is 77.0 Å². The molecular weight excluding hydrogens is 668 g/mol. The summed E-state index contributed by atoms with van der Waals surface area (Å²) >= 11 is -5.47. The van der Waals surface area contributed by atoms with E-state index >= 15 is 0 Å². The third-order valence-electron chi connectivity index (χ3n) is 7.24. The molecule has 0 saturated heterocycles. The van der Waals surface area contributed by atoms with Gasteiger partial charge in [-0.05, 0) is 0 Å². The maximum absolute atomic E-state index is 13.5. The van der Waals surface area contributed by atoms with Gasteiger partial charge in [0.15, 0.2) is 0 Å². The van der Waals surface area contributed by atoms with Gasteiger partial charge >= 0.3 is 224 Å². The van der Waals surface area contributed by atoms with Crippen LogP contribution in [0.4, 0.5) is 0 Å². The molecule has 0 fully saturated rings. The molecule has 0 atom stereocenters. The van der Waals surface area contributed by atoms with Crippen molar-refractivity contribution in [3.05, 3.63) is 114 Å². The van der Waals surface area contributed by atoms with Crippen molar-refractivity contribution < 1.29 is 20.4 Å². The van der Waals surface area contributed by atoms with Crippen LogP contribution in [0.25, 0.3) is 11.1 Å². The fraction of sp³-hybridized carbons (Fsp3) is 0.167. The number of hydrogen-bond donors (Lipinski definition) is 1. The molecule has 36 heavy (non-hydrogen) atoms. The third kappa shape index (κ3) is 4.69. The summed E-state index contributed by atoms with van der Waals surface area (Å²) < 4.78 is 4.45. The Morgan fingerprint density at radius 2 is 1.39 bits per heavy atom. The fourth-order valence-corrected chi connectivity index (χ4v) is 58.0. The zero-order valence-electron chi connectivity index (χ0n) is 20.4. The van der Waals surface area contributed by atoms with Crippen molar-refractivity contribution in [3.8, 4) is 11.1 Å². The minimum absolute atomic E-state index is 0.0327. The number of carbonyl (C=O) groups is 1. The molecule has 0 heterocycles. The number of amides is 1. The molecule has 0 bridgehead atoms. The van der Waals surface area contributed by atoms with Crippen LogP contribution >= 0.6 is 17.2 Å². The Morgan fingerprint density at radius 1 is 0.806 bits per heavy atom. The molecular formula is C30H30Cl2HfNOSi. The van der Waals surface area contributed by atoms with Crippen molar-refractivity contribution in [2.24, 2.45) is 0 Å². The van der Waals surface area contributed by atoms with Gasteiger partial charge in [0.25, 0.3) is 0 Å². The van der Waals surface area contributed by atoms with Crippen LogP contribution in [0, 0.1) is 0 Å². The molecule has 0 aliphatic heterocycles. The second-order valence-corrected chi connectivity index (χ2v) is 58.6. The van der Waals surface area contributed by atoms with Crippen LogP contribution in [0.1, 0.15) is 37.3 Å². The molecule has 1 amide bonds. The van der Waals surface area contributed by atoms with Crippen LogP contribution in [0.15, 0.2) is 103 Å². The molecule has 183 valence electrons. The molecule has 6 heteroatoms. The SMILES string of the molecule is CCCCC(=O)[NH][Hf]([Cl])([Cl])([c]1cccc2c1Cc1ccccc1-2)[SiH](c1ccccc1)c1ccccc1. The Labute approximate surface area is 222 Å². The molecule has 0 radical (unpaired) electrons. The molecule has 1 aliphatic carbocycles. The standard InChI is InChI=1S/C13H9.C12H11Si.C5H11NO.2ClH.Hf/c1-3-7-12-10(5-1)9-11-6-2-4-8-13(11)12;1-3-7-11(8-4-1)13-12-9-5-2-6-10-12;1-2-3-4-5(6)7;;;/h1-5,7-8H,9H2;1-10,13H;2-4H2,1H3,(H2,6,7);2*1H;/q;;;;;+3/p-3. The van der Waals surface area contributed by atoms with Gasteiger partial charge in [0.1, 0.15) is 0 Å². The number of hydrogen-bond acceptors (Lipinski definition) is 1. The van der Waals surface area contributed by atoms with Crippen molar-refractivity contribution >= 4 is 42.7 Å². The van der Waals surface area contributed by atoms with Crippen molar-refractivity contribution in [1.29, 1.82) is 0 Å². The van der Waals surface area contributed by atoms with E-state index in [1.807, 2.05) is 36.4 Å².